The number of aromatic nitrogens is 1. The fraction of sp³-hybridized carbons (Fsp3) is 0.350. The molecule has 5 rings (SSSR count). The summed E-state index contributed by atoms with van der Waals surface area (Å²) in [6.07, 6.45) is 2.43. The van der Waals surface area contributed by atoms with Crippen molar-refractivity contribution in [1.82, 2.24) is 15.2 Å². The predicted octanol–water partition coefficient (Wildman–Crippen LogP) is 4.10. The van der Waals surface area contributed by atoms with Crippen molar-refractivity contribution < 1.29 is 4.74 Å². The minimum atomic E-state index is 0. The normalized spacial score (nSPS) is 21.8. The minimum Gasteiger partial charge on any atom is -0.431 e. The molecule has 2 atom stereocenters. The molecule has 3 aromatic rings. The van der Waals surface area contributed by atoms with Crippen molar-refractivity contribution in [3.05, 3.63) is 54.1 Å². The third-order valence-electron chi connectivity index (χ3n) is 5.26. The number of nitrogens with one attached hydrogen (secondary N) is 1. The van der Waals surface area contributed by atoms with Gasteiger partial charge in [0.2, 0.25) is 0 Å². The number of fused-ring (bicyclic) bond motifs is 3. The molecular formula is C20H22ClN3OS. The second kappa shape index (κ2) is 7.53. The molecule has 2 aromatic carbocycles. The maximum absolute atomic E-state index is 5.93. The van der Waals surface area contributed by atoms with Crippen molar-refractivity contribution in [3.63, 3.8) is 0 Å². The Bertz CT molecular complexity index is 849. The lowest BCUT2D eigenvalue weighted by Crippen LogP contribution is -2.44. The van der Waals surface area contributed by atoms with Crippen LogP contribution in [0.15, 0.2) is 48.5 Å². The van der Waals surface area contributed by atoms with Crippen molar-refractivity contribution in [2.24, 2.45) is 0 Å². The summed E-state index contributed by atoms with van der Waals surface area (Å²) in [6, 6.07) is 18.1. The van der Waals surface area contributed by atoms with Gasteiger partial charge in [0.25, 0.3) is 5.19 Å². The van der Waals surface area contributed by atoms with Gasteiger partial charge in [0, 0.05) is 31.7 Å². The topological polar surface area (TPSA) is 37.4 Å². The second-order valence-corrected chi connectivity index (χ2v) is 7.93. The van der Waals surface area contributed by atoms with Crippen molar-refractivity contribution in [3.8, 4) is 10.9 Å². The zero-order chi connectivity index (χ0) is 16.6. The number of thiazole rings is 1. The van der Waals surface area contributed by atoms with Gasteiger partial charge in [-0.1, -0.05) is 35.6 Å². The van der Waals surface area contributed by atoms with Crippen molar-refractivity contribution in [1.29, 1.82) is 0 Å². The minimum absolute atomic E-state index is 0. The molecular weight excluding hydrogens is 366 g/mol. The summed E-state index contributed by atoms with van der Waals surface area (Å²) in [5, 5.41) is 4.26. The fourth-order valence-electron chi connectivity index (χ4n) is 3.91. The Labute approximate surface area is 163 Å². The van der Waals surface area contributed by atoms with Crippen LogP contribution in [0, 0.1) is 0 Å². The van der Waals surface area contributed by atoms with Crippen LogP contribution >= 0.6 is 23.7 Å². The Hall–Kier alpha value is -1.66. The summed E-state index contributed by atoms with van der Waals surface area (Å²) >= 11 is 1.58. The van der Waals surface area contributed by atoms with E-state index in [9.17, 15) is 0 Å². The van der Waals surface area contributed by atoms with Gasteiger partial charge >= 0.3 is 0 Å². The molecule has 0 amide bonds. The quantitative estimate of drug-likeness (QED) is 0.715. The van der Waals surface area contributed by atoms with Gasteiger partial charge < -0.3 is 10.1 Å². The van der Waals surface area contributed by atoms with Crippen LogP contribution in [0.4, 0.5) is 0 Å². The summed E-state index contributed by atoms with van der Waals surface area (Å²) in [5.41, 5.74) is 2.36. The van der Waals surface area contributed by atoms with Gasteiger partial charge in [-0.25, -0.2) is 4.98 Å². The number of para-hydroxylation sites is 1. The monoisotopic (exact) mass is 387 g/mol. The number of halogens is 1. The Balaban J connectivity index is 0.00000168. The standard InChI is InChI=1S/C20H21N3OS.ClH/c1-2-4-19-18(3-1)22-20(25-19)24-17-7-5-14(6-8-17)9-10-23-13-15-11-16(23)12-21-15;/h1-8,15-16,21H,9-13H2;1H/t15-,16-;/m0./s1. The molecule has 1 N–H and O–H groups in total. The molecule has 26 heavy (non-hydrogen) atoms. The average molecular weight is 388 g/mol. The van der Waals surface area contributed by atoms with E-state index in [0.29, 0.717) is 5.19 Å². The molecule has 0 unspecified atom stereocenters. The van der Waals surface area contributed by atoms with E-state index in [4.69, 9.17) is 4.74 Å². The summed E-state index contributed by atoms with van der Waals surface area (Å²) < 4.78 is 7.08. The number of benzene rings is 2. The van der Waals surface area contributed by atoms with E-state index in [2.05, 4.69) is 45.5 Å². The maximum atomic E-state index is 5.93. The molecule has 2 bridgehead atoms. The van der Waals surface area contributed by atoms with E-state index in [-0.39, 0.29) is 12.4 Å². The Morgan fingerprint density at radius 2 is 2.00 bits per heavy atom. The Morgan fingerprint density at radius 3 is 2.73 bits per heavy atom. The van der Waals surface area contributed by atoms with E-state index >= 15 is 0 Å². The lowest BCUT2D eigenvalue weighted by molar-refractivity contribution is 0.229. The van der Waals surface area contributed by atoms with E-state index in [1.165, 1.54) is 25.1 Å². The van der Waals surface area contributed by atoms with Crippen LogP contribution in [0.2, 0.25) is 0 Å². The molecule has 2 aliphatic heterocycles. The summed E-state index contributed by atoms with van der Waals surface area (Å²) in [7, 11) is 0. The molecule has 0 radical (unpaired) electrons. The third kappa shape index (κ3) is 3.58. The zero-order valence-electron chi connectivity index (χ0n) is 14.4. The number of hydrogen-bond donors (Lipinski definition) is 1. The highest BCUT2D eigenvalue weighted by Gasteiger charge is 2.36. The molecule has 4 nitrogen and oxygen atoms in total. The Morgan fingerprint density at radius 1 is 1.15 bits per heavy atom. The first kappa shape index (κ1) is 17.7. The maximum Gasteiger partial charge on any atom is 0.279 e. The molecule has 136 valence electrons. The molecule has 2 saturated heterocycles. The highest BCUT2D eigenvalue weighted by atomic mass is 35.5. The van der Waals surface area contributed by atoms with Gasteiger partial charge in [0.05, 0.1) is 10.2 Å². The van der Waals surface area contributed by atoms with Gasteiger partial charge in [-0.05, 0) is 42.7 Å². The highest BCUT2D eigenvalue weighted by Crippen LogP contribution is 2.31. The largest absolute Gasteiger partial charge is 0.431 e. The van der Waals surface area contributed by atoms with Gasteiger partial charge in [-0.15, -0.1) is 12.4 Å². The van der Waals surface area contributed by atoms with Gasteiger partial charge in [0.15, 0.2) is 0 Å². The zero-order valence-corrected chi connectivity index (χ0v) is 16.1. The predicted molar refractivity (Wildman–Crippen MR) is 109 cm³/mol. The van der Waals surface area contributed by atoms with E-state index < -0.39 is 0 Å². The summed E-state index contributed by atoms with van der Waals surface area (Å²) in [4.78, 5) is 7.16. The number of ether oxygens (including phenoxy) is 1. The highest BCUT2D eigenvalue weighted by molar-refractivity contribution is 7.20. The fourth-order valence-corrected chi connectivity index (χ4v) is 4.75. The van der Waals surface area contributed by atoms with Crippen molar-refractivity contribution in [2.45, 2.75) is 24.9 Å². The number of hydrogen-bond acceptors (Lipinski definition) is 5. The number of likely N-dealkylation sites (tertiary alicyclic amines) is 1. The second-order valence-electron chi connectivity index (χ2n) is 6.93. The molecule has 2 fully saturated rings. The molecule has 1 aromatic heterocycles. The average Bonchev–Trinajstić information content (AvgIpc) is 3.35. The number of piperazine rings is 1. The van der Waals surface area contributed by atoms with E-state index in [1.807, 2.05) is 18.2 Å². The van der Waals surface area contributed by atoms with Gasteiger partial charge in [-0.2, -0.15) is 0 Å². The van der Waals surface area contributed by atoms with E-state index in [1.54, 1.807) is 11.3 Å². The van der Waals surface area contributed by atoms with Crippen LogP contribution in [0.25, 0.3) is 10.2 Å². The van der Waals surface area contributed by atoms with Gasteiger partial charge in [0.1, 0.15) is 5.75 Å². The molecule has 6 heteroatoms. The number of rotatable bonds is 5. The summed E-state index contributed by atoms with van der Waals surface area (Å²) in [6.45, 7) is 3.53. The lowest BCUT2D eigenvalue weighted by atomic mass is 10.1. The smallest absolute Gasteiger partial charge is 0.279 e. The van der Waals surface area contributed by atoms with Crippen LogP contribution in [0.3, 0.4) is 0 Å². The molecule has 0 spiro atoms. The Kier molecular flexibility index (Phi) is 5.14. The molecule has 0 aliphatic carbocycles. The van der Waals surface area contributed by atoms with Crippen molar-refractivity contribution >= 4 is 34.0 Å². The molecule has 0 saturated carbocycles. The number of nitrogens with zero attached hydrogens (tertiary/aromatic N) is 2. The van der Waals surface area contributed by atoms with Crippen LogP contribution in [0.5, 0.6) is 10.9 Å². The van der Waals surface area contributed by atoms with Crippen LogP contribution < -0.4 is 10.1 Å². The first-order chi connectivity index (χ1) is 12.3. The van der Waals surface area contributed by atoms with Crippen LogP contribution in [-0.4, -0.2) is 41.6 Å². The molecule has 3 heterocycles. The lowest BCUT2D eigenvalue weighted by Gasteiger charge is -2.27. The summed E-state index contributed by atoms with van der Waals surface area (Å²) in [5.74, 6) is 0.854. The first-order valence-corrected chi connectivity index (χ1v) is 9.75. The SMILES string of the molecule is Cl.c1ccc2sc(Oc3ccc(CCN4C[C@@H]5C[C@H]4CN5)cc3)nc2c1. The van der Waals surface area contributed by atoms with Crippen LogP contribution in [0.1, 0.15) is 12.0 Å². The van der Waals surface area contributed by atoms with Crippen LogP contribution in [-0.2, 0) is 6.42 Å². The van der Waals surface area contributed by atoms with E-state index in [0.717, 1.165) is 41.0 Å². The van der Waals surface area contributed by atoms with Gasteiger partial charge in [-0.3, -0.25) is 4.90 Å². The first-order valence-electron chi connectivity index (χ1n) is 8.93. The third-order valence-corrected chi connectivity index (χ3v) is 6.17. The molecule has 2 aliphatic rings. The van der Waals surface area contributed by atoms with Crippen molar-refractivity contribution in [2.75, 3.05) is 19.6 Å².